The highest BCUT2D eigenvalue weighted by Crippen LogP contribution is 2.38. The second kappa shape index (κ2) is 4.02. The highest BCUT2D eigenvalue weighted by Gasteiger charge is 2.37. The van der Waals surface area contributed by atoms with Crippen LogP contribution in [0, 0.1) is 0 Å². The van der Waals surface area contributed by atoms with Gasteiger partial charge in [-0.1, -0.05) is 11.6 Å². The molecule has 5 heteroatoms. The lowest BCUT2D eigenvalue weighted by Gasteiger charge is -2.18. The molecule has 1 aromatic carbocycles. The standard InChI is InChI=1S/C11H14ClNO2S/c1-7(13-2)10-6-16(14,15)11-4-3-8(12)5-9(10)11/h3-5,7,10,13H,6H2,1-2H3. The van der Waals surface area contributed by atoms with Crippen molar-refractivity contribution in [2.24, 2.45) is 0 Å². The van der Waals surface area contributed by atoms with Crippen LogP contribution in [0.1, 0.15) is 18.4 Å². The summed E-state index contributed by atoms with van der Waals surface area (Å²) >= 11 is 5.91. The maximum Gasteiger partial charge on any atom is 0.179 e. The summed E-state index contributed by atoms with van der Waals surface area (Å²) in [5.41, 5.74) is 0.842. The van der Waals surface area contributed by atoms with Crippen LogP contribution in [0.3, 0.4) is 0 Å². The molecule has 1 N–H and O–H groups in total. The molecule has 88 valence electrons. The lowest BCUT2D eigenvalue weighted by Crippen LogP contribution is -2.29. The van der Waals surface area contributed by atoms with Gasteiger partial charge in [0.05, 0.1) is 10.6 Å². The van der Waals surface area contributed by atoms with Gasteiger partial charge in [-0.15, -0.1) is 0 Å². The quantitative estimate of drug-likeness (QED) is 0.881. The molecule has 1 aliphatic rings. The highest BCUT2D eigenvalue weighted by molar-refractivity contribution is 7.91. The van der Waals surface area contributed by atoms with Crippen molar-refractivity contribution >= 4 is 21.4 Å². The van der Waals surface area contributed by atoms with E-state index in [-0.39, 0.29) is 17.7 Å². The van der Waals surface area contributed by atoms with Gasteiger partial charge in [-0.2, -0.15) is 0 Å². The summed E-state index contributed by atoms with van der Waals surface area (Å²) in [6.07, 6.45) is 0. The van der Waals surface area contributed by atoms with E-state index in [4.69, 9.17) is 11.6 Å². The number of nitrogens with one attached hydrogen (secondary N) is 1. The monoisotopic (exact) mass is 259 g/mol. The zero-order valence-electron chi connectivity index (χ0n) is 9.20. The molecule has 1 aromatic rings. The van der Waals surface area contributed by atoms with Crippen LogP contribution in [0.15, 0.2) is 23.1 Å². The Bertz CT molecular complexity index is 513. The fourth-order valence-electron chi connectivity index (χ4n) is 2.12. The van der Waals surface area contributed by atoms with Crippen LogP contribution in [0.5, 0.6) is 0 Å². The fraction of sp³-hybridized carbons (Fsp3) is 0.455. The third-order valence-corrected chi connectivity index (χ3v) is 5.24. The normalized spacial score (nSPS) is 24.1. The van der Waals surface area contributed by atoms with Crippen molar-refractivity contribution in [3.63, 3.8) is 0 Å². The second-order valence-corrected chi connectivity index (χ2v) is 6.59. The average molecular weight is 260 g/mol. The molecular formula is C11H14ClNO2S. The molecule has 0 aliphatic carbocycles. The first-order valence-corrected chi connectivity index (χ1v) is 7.18. The molecule has 0 radical (unpaired) electrons. The Hall–Kier alpha value is -0.580. The lowest BCUT2D eigenvalue weighted by molar-refractivity contribution is 0.524. The third-order valence-electron chi connectivity index (χ3n) is 3.16. The van der Waals surface area contributed by atoms with Gasteiger partial charge < -0.3 is 5.32 Å². The van der Waals surface area contributed by atoms with Gasteiger partial charge in [0.15, 0.2) is 9.84 Å². The molecule has 2 unspecified atom stereocenters. The predicted molar refractivity (Wildman–Crippen MR) is 64.8 cm³/mol. The topological polar surface area (TPSA) is 46.2 Å². The van der Waals surface area contributed by atoms with E-state index in [1.54, 1.807) is 18.2 Å². The molecule has 1 aliphatic heterocycles. The van der Waals surface area contributed by atoms with E-state index < -0.39 is 9.84 Å². The van der Waals surface area contributed by atoms with Crippen LogP contribution in [0.25, 0.3) is 0 Å². The first-order chi connectivity index (χ1) is 7.45. The summed E-state index contributed by atoms with van der Waals surface area (Å²) in [5, 5.41) is 3.68. The Labute approximate surface area is 101 Å². The fourth-order valence-corrected chi connectivity index (χ4v) is 4.27. The molecular weight excluding hydrogens is 246 g/mol. The van der Waals surface area contributed by atoms with Gasteiger partial charge in [0.2, 0.25) is 0 Å². The highest BCUT2D eigenvalue weighted by atomic mass is 35.5. The van der Waals surface area contributed by atoms with E-state index in [1.165, 1.54) is 0 Å². The zero-order chi connectivity index (χ0) is 11.9. The molecule has 0 saturated carbocycles. The summed E-state index contributed by atoms with van der Waals surface area (Å²) in [6.45, 7) is 1.98. The van der Waals surface area contributed by atoms with Gasteiger partial charge in [0, 0.05) is 17.0 Å². The van der Waals surface area contributed by atoms with Gasteiger partial charge in [-0.3, -0.25) is 0 Å². The van der Waals surface area contributed by atoms with E-state index in [1.807, 2.05) is 14.0 Å². The summed E-state index contributed by atoms with van der Waals surface area (Å²) < 4.78 is 23.8. The molecule has 3 nitrogen and oxygen atoms in total. The number of likely N-dealkylation sites (N-methyl/N-ethyl adjacent to an activating group) is 1. The van der Waals surface area contributed by atoms with Gasteiger partial charge >= 0.3 is 0 Å². The van der Waals surface area contributed by atoms with E-state index in [2.05, 4.69) is 5.32 Å². The number of halogens is 1. The first kappa shape index (κ1) is 11.9. The van der Waals surface area contributed by atoms with E-state index in [9.17, 15) is 8.42 Å². The molecule has 1 heterocycles. The Morgan fingerprint density at radius 3 is 2.81 bits per heavy atom. The van der Waals surface area contributed by atoms with Crippen LogP contribution in [0.4, 0.5) is 0 Å². The van der Waals surface area contributed by atoms with Crippen LogP contribution < -0.4 is 5.32 Å². The van der Waals surface area contributed by atoms with Crippen molar-refractivity contribution in [1.29, 1.82) is 0 Å². The predicted octanol–water partition coefficient (Wildman–Crippen LogP) is 1.82. The maximum absolute atomic E-state index is 11.9. The largest absolute Gasteiger partial charge is 0.317 e. The number of hydrogen-bond donors (Lipinski definition) is 1. The number of sulfone groups is 1. The molecule has 0 aromatic heterocycles. The minimum Gasteiger partial charge on any atom is -0.317 e. The third kappa shape index (κ3) is 1.85. The van der Waals surface area contributed by atoms with Crippen LogP contribution in [-0.2, 0) is 9.84 Å². The van der Waals surface area contributed by atoms with Crippen molar-refractivity contribution in [3.8, 4) is 0 Å². The Kier molecular flexibility index (Phi) is 2.99. The summed E-state index contributed by atoms with van der Waals surface area (Å²) in [7, 11) is -1.29. The SMILES string of the molecule is CNC(C)C1CS(=O)(=O)c2ccc(Cl)cc21. The summed E-state index contributed by atoms with van der Waals surface area (Å²) in [4.78, 5) is 0.434. The first-order valence-electron chi connectivity index (χ1n) is 5.15. The van der Waals surface area contributed by atoms with Crippen molar-refractivity contribution in [2.45, 2.75) is 23.8 Å². The Morgan fingerprint density at radius 1 is 1.50 bits per heavy atom. The number of rotatable bonds is 2. The van der Waals surface area contributed by atoms with E-state index in [0.717, 1.165) is 5.56 Å². The van der Waals surface area contributed by atoms with Gasteiger partial charge in [0.25, 0.3) is 0 Å². The molecule has 16 heavy (non-hydrogen) atoms. The molecule has 0 fully saturated rings. The second-order valence-electron chi connectivity index (χ2n) is 4.15. The van der Waals surface area contributed by atoms with Crippen molar-refractivity contribution < 1.29 is 8.42 Å². The summed E-state index contributed by atoms with van der Waals surface area (Å²) in [6, 6.07) is 5.12. The number of benzene rings is 1. The van der Waals surface area contributed by atoms with Gasteiger partial charge in [0.1, 0.15) is 0 Å². The molecule has 0 saturated heterocycles. The summed E-state index contributed by atoms with van der Waals surface area (Å²) in [5.74, 6) is 0.161. The zero-order valence-corrected chi connectivity index (χ0v) is 10.8. The minimum atomic E-state index is -3.13. The smallest absolute Gasteiger partial charge is 0.179 e. The number of hydrogen-bond acceptors (Lipinski definition) is 3. The molecule has 0 bridgehead atoms. The van der Waals surface area contributed by atoms with Crippen molar-refractivity contribution in [3.05, 3.63) is 28.8 Å². The Balaban J connectivity index is 2.56. The number of fused-ring (bicyclic) bond motifs is 1. The van der Waals surface area contributed by atoms with E-state index >= 15 is 0 Å². The van der Waals surface area contributed by atoms with E-state index in [0.29, 0.717) is 9.92 Å². The van der Waals surface area contributed by atoms with Crippen LogP contribution in [-0.4, -0.2) is 27.3 Å². The van der Waals surface area contributed by atoms with Crippen molar-refractivity contribution in [1.82, 2.24) is 5.32 Å². The lowest BCUT2D eigenvalue weighted by atomic mass is 9.95. The van der Waals surface area contributed by atoms with Crippen LogP contribution >= 0.6 is 11.6 Å². The van der Waals surface area contributed by atoms with Gasteiger partial charge in [-0.25, -0.2) is 8.42 Å². The maximum atomic E-state index is 11.9. The minimum absolute atomic E-state index is 0.0105. The molecule has 0 spiro atoms. The molecule has 2 atom stereocenters. The Morgan fingerprint density at radius 2 is 2.19 bits per heavy atom. The molecule has 2 rings (SSSR count). The van der Waals surface area contributed by atoms with Crippen LogP contribution in [0.2, 0.25) is 5.02 Å². The molecule has 0 amide bonds. The average Bonchev–Trinajstić information content (AvgIpc) is 2.49. The van der Waals surface area contributed by atoms with Gasteiger partial charge in [-0.05, 0) is 37.7 Å². The van der Waals surface area contributed by atoms with Crippen molar-refractivity contribution in [2.75, 3.05) is 12.8 Å².